The average molecular weight is 512 g/mol. The molecule has 3 heterocycles. The van der Waals surface area contributed by atoms with Crippen molar-refractivity contribution >= 4 is 35.0 Å². The summed E-state index contributed by atoms with van der Waals surface area (Å²) < 4.78 is 16.2. The Morgan fingerprint density at radius 2 is 2.00 bits per heavy atom. The Bertz CT molecular complexity index is 1410. The highest BCUT2D eigenvalue weighted by molar-refractivity contribution is 6.42. The Labute approximate surface area is 211 Å². The second kappa shape index (κ2) is 8.99. The number of amides is 2. The number of nitrogens with zero attached hydrogens (tertiary/aromatic N) is 5. The van der Waals surface area contributed by atoms with Gasteiger partial charge in [-0.3, -0.25) is 14.3 Å². The average Bonchev–Trinajstić information content (AvgIpc) is 3.20. The number of benzene rings is 2. The highest BCUT2D eigenvalue weighted by Gasteiger charge is 2.37. The lowest BCUT2D eigenvalue weighted by Gasteiger charge is -2.34. The van der Waals surface area contributed by atoms with E-state index in [1.165, 1.54) is 18.2 Å². The highest BCUT2D eigenvalue weighted by Crippen LogP contribution is 2.31. The zero-order chi connectivity index (χ0) is 24.9. The molecule has 0 spiro atoms. The quantitative estimate of drug-likeness (QED) is 0.520. The SMILES string of the molecule is C[C@@H]1Cc2nn3c(c2CN1C(=O)c1ccc(Cl)c(Cl)c1)C(=O)N(Cc1ccc(C#N)cc1F)CC3. The van der Waals surface area contributed by atoms with Gasteiger partial charge in [-0.25, -0.2) is 4.39 Å². The maximum atomic E-state index is 14.5. The zero-order valence-corrected chi connectivity index (χ0v) is 20.3. The molecule has 1 atom stereocenters. The molecule has 0 N–H and O–H groups in total. The molecule has 2 aliphatic rings. The van der Waals surface area contributed by atoms with Gasteiger partial charge in [0.2, 0.25) is 0 Å². The van der Waals surface area contributed by atoms with Crippen LogP contribution < -0.4 is 0 Å². The van der Waals surface area contributed by atoms with E-state index in [9.17, 15) is 14.0 Å². The van der Waals surface area contributed by atoms with Crippen LogP contribution in [0, 0.1) is 17.1 Å². The molecule has 2 amide bonds. The molecule has 0 saturated carbocycles. The van der Waals surface area contributed by atoms with Crippen molar-refractivity contribution < 1.29 is 14.0 Å². The molecular weight excluding hydrogens is 492 g/mol. The Hall–Kier alpha value is -3.41. The topological polar surface area (TPSA) is 82.2 Å². The second-order valence-corrected chi connectivity index (χ2v) is 9.57. The molecule has 0 bridgehead atoms. The Morgan fingerprint density at radius 3 is 2.71 bits per heavy atom. The summed E-state index contributed by atoms with van der Waals surface area (Å²) >= 11 is 12.1. The highest BCUT2D eigenvalue weighted by atomic mass is 35.5. The number of rotatable bonds is 3. The first-order chi connectivity index (χ1) is 16.8. The maximum absolute atomic E-state index is 14.5. The molecule has 0 unspecified atom stereocenters. The van der Waals surface area contributed by atoms with Crippen molar-refractivity contribution in [3.63, 3.8) is 0 Å². The molecule has 0 saturated heterocycles. The molecule has 5 rings (SSSR count). The van der Waals surface area contributed by atoms with E-state index in [0.29, 0.717) is 51.9 Å². The predicted molar refractivity (Wildman–Crippen MR) is 128 cm³/mol. The fourth-order valence-corrected chi connectivity index (χ4v) is 4.93. The van der Waals surface area contributed by atoms with Gasteiger partial charge in [0.05, 0.1) is 40.5 Å². The minimum Gasteiger partial charge on any atom is -0.331 e. The van der Waals surface area contributed by atoms with Gasteiger partial charge < -0.3 is 9.80 Å². The minimum atomic E-state index is -0.523. The molecule has 10 heteroatoms. The molecule has 2 aliphatic heterocycles. The molecule has 7 nitrogen and oxygen atoms in total. The molecular formula is C25H20Cl2FN5O2. The number of hydrogen-bond donors (Lipinski definition) is 0. The summed E-state index contributed by atoms with van der Waals surface area (Å²) in [6.07, 6.45) is 0.514. The lowest BCUT2D eigenvalue weighted by Crippen LogP contribution is -2.44. The summed E-state index contributed by atoms with van der Waals surface area (Å²) in [5.41, 5.74) is 2.92. The largest absolute Gasteiger partial charge is 0.331 e. The van der Waals surface area contributed by atoms with Gasteiger partial charge in [0.25, 0.3) is 11.8 Å². The van der Waals surface area contributed by atoms with Gasteiger partial charge in [-0.05, 0) is 37.3 Å². The summed E-state index contributed by atoms with van der Waals surface area (Å²) in [6, 6.07) is 10.8. The van der Waals surface area contributed by atoms with Crippen LogP contribution in [0.4, 0.5) is 4.39 Å². The smallest absolute Gasteiger partial charge is 0.272 e. The van der Waals surface area contributed by atoms with Crippen LogP contribution in [0.25, 0.3) is 0 Å². The van der Waals surface area contributed by atoms with Crippen LogP contribution in [0.1, 0.15) is 50.2 Å². The van der Waals surface area contributed by atoms with Crippen LogP contribution >= 0.6 is 23.2 Å². The normalized spacial score (nSPS) is 17.1. The monoisotopic (exact) mass is 511 g/mol. The predicted octanol–water partition coefficient (Wildman–Crippen LogP) is 4.44. The van der Waals surface area contributed by atoms with Crippen molar-refractivity contribution in [1.82, 2.24) is 19.6 Å². The van der Waals surface area contributed by atoms with Crippen LogP contribution in [0.2, 0.25) is 10.0 Å². The number of hydrogen-bond acceptors (Lipinski definition) is 4. The second-order valence-electron chi connectivity index (χ2n) is 8.76. The summed E-state index contributed by atoms with van der Waals surface area (Å²) in [4.78, 5) is 30.0. The van der Waals surface area contributed by atoms with Crippen LogP contribution in [0.5, 0.6) is 0 Å². The van der Waals surface area contributed by atoms with Crippen molar-refractivity contribution in [3.8, 4) is 6.07 Å². The summed E-state index contributed by atoms with van der Waals surface area (Å²) in [5.74, 6) is -0.989. The van der Waals surface area contributed by atoms with E-state index in [1.54, 1.807) is 32.7 Å². The van der Waals surface area contributed by atoms with E-state index in [0.717, 1.165) is 5.69 Å². The van der Waals surface area contributed by atoms with Gasteiger partial charge in [0.1, 0.15) is 11.5 Å². The van der Waals surface area contributed by atoms with Gasteiger partial charge in [0, 0.05) is 42.2 Å². The Balaban J connectivity index is 1.42. The van der Waals surface area contributed by atoms with Gasteiger partial charge in [0.15, 0.2) is 0 Å². The lowest BCUT2D eigenvalue weighted by molar-refractivity contribution is 0.0636. The van der Waals surface area contributed by atoms with Gasteiger partial charge in [-0.15, -0.1) is 0 Å². The van der Waals surface area contributed by atoms with Crippen LogP contribution in [-0.2, 0) is 26.1 Å². The van der Waals surface area contributed by atoms with Crippen molar-refractivity contribution in [2.24, 2.45) is 0 Å². The fraction of sp³-hybridized carbons (Fsp3) is 0.280. The first kappa shape index (κ1) is 23.3. The standard InChI is InChI=1S/C25H20Cl2FN5O2/c1-14-8-22-18(13-32(14)24(34)16-4-5-19(26)20(27)10-16)23-25(35)31(6-7-33(23)30-22)12-17-3-2-15(11-29)9-21(17)28/h2-5,9-10,14H,6-8,12-13H2,1H3/t14-/m1/s1. The minimum absolute atomic E-state index is 0.0820. The van der Waals surface area contributed by atoms with E-state index in [2.05, 4.69) is 5.10 Å². The summed E-state index contributed by atoms with van der Waals surface area (Å²) in [6.45, 7) is 3.11. The third-order valence-corrected chi connectivity index (χ3v) is 7.26. The van der Waals surface area contributed by atoms with E-state index in [-0.39, 0.29) is 36.5 Å². The maximum Gasteiger partial charge on any atom is 0.272 e. The molecule has 0 fully saturated rings. The number of carbonyl (C=O) groups is 2. The summed E-state index contributed by atoms with van der Waals surface area (Å²) in [7, 11) is 0. The van der Waals surface area contributed by atoms with Crippen LogP contribution in [0.3, 0.4) is 0 Å². The molecule has 0 aliphatic carbocycles. The molecule has 35 heavy (non-hydrogen) atoms. The molecule has 2 aromatic carbocycles. The van der Waals surface area contributed by atoms with E-state index >= 15 is 0 Å². The van der Waals surface area contributed by atoms with E-state index in [1.807, 2.05) is 13.0 Å². The molecule has 0 radical (unpaired) electrons. The first-order valence-corrected chi connectivity index (χ1v) is 11.8. The van der Waals surface area contributed by atoms with Crippen LogP contribution in [-0.4, -0.2) is 44.0 Å². The number of halogens is 3. The molecule has 1 aromatic heterocycles. The number of nitriles is 1. The zero-order valence-electron chi connectivity index (χ0n) is 18.8. The molecule has 3 aromatic rings. The van der Waals surface area contributed by atoms with Crippen molar-refractivity contribution in [2.45, 2.75) is 39.0 Å². The number of aromatic nitrogens is 2. The third kappa shape index (κ3) is 4.15. The van der Waals surface area contributed by atoms with Crippen molar-refractivity contribution in [2.75, 3.05) is 6.54 Å². The van der Waals surface area contributed by atoms with E-state index in [4.69, 9.17) is 28.5 Å². The third-order valence-electron chi connectivity index (χ3n) is 6.53. The van der Waals surface area contributed by atoms with Gasteiger partial charge in [-0.2, -0.15) is 10.4 Å². The number of carbonyl (C=O) groups excluding carboxylic acids is 2. The fourth-order valence-electron chi connectivity index (χ4n) is 4.63. The van der Waals surface area contributed by atoms with Gasteiger partial charge >= 0.3 is 0 Å². The van der Waals surface area contributed by atoms with Crippen molar-refractivity contribution in [1.29, 1.82) is 5.26 Å². The number of fused-ring (bicyclic) bond motifs is 3. The van der Waals surface area contributed by atoms with E-state index < -0.39 is 5.82 Å². The summed E-state index contributed by atoms with van der Waals surface area (Å²) in [5, 5.41) is 14.3. The Morgan fingerprint density at radius 1 is 1.20 bits per heavy atom. The Kier molecular flexibility index (Phi) is 5.99. The van der Waals surface area contributed by atoms with Gasteiger partial charge in [-0.1, -0.05) is 29.3 Å². The van der Waals surface area contributed by atoms with Crippen LogP contribution in [0.15, 0.2) is 36.4 Å². The first-order valence-electron chi connectivity index (χ1n) is 11.1. The lowest BCUT2D eigenvalue weighted by atomic mass is 9.97. The van der Waals surface area contributed by atoms with Crippen molar-refractivity contribution in [3.05, 3.63) is 85.9 Å². The molecule has 178 valence electrons.